The fourth-order valence-electron chi connectivity index (χ4n) is 2.04. The quantitative estimate of drug-likeness (QED) is 0.359. The number of rotatable bonds is 5. The first-order chi connectivity index (χ1) is 13.1. The van der Waals surface area contributed by atoms with Crippen molar-refractivity contribution in [3.05, 3.63) is 59.7 Å². The summed E-state index contributed by atoms with van der Waals surface area (Å²) in [5.41, 5.74) is 3.70. The lowest BCUT2D eigenvalue weighted by Crippen LogP contribution is -2.27. The molecule has 0 saturated carbocycles. The highest BCUT2D eigenvalue weighted by molar-refractivity contribution is 5.97. The molecule has 0 atom stereocenters. The maximum atomic E-state index is 12.1. The summed E-state index contributed by atoms with van der Waals surface area (Å²) >= 11 is 0. The monoisotopic (exact) mass is 381 g/mol. The maximum absolute atomic E-state index is 12.1. The number of ether oxygens (including phenoxy) is 1. The second-order valence-corrected chi connectivity index (χ2v) is 7.14. The predicted molar refractivity (Wildman–Crippen MR) is 107 cm³/mol. The first kappa shape index (κ1) is 20.8. The van der Waals surface area contributed by atoms with Gasteiger partial charge in [0.15, 0.2) is 0 Å². The number of benzene rings is 2. The van der Waals surface area contributed by atoms with Gasteiger partial charge in [-0.3, -0.25) is 14.4 Å². The molecule has 0 radical (unpaired) electrons. The number of nitrogens with one attached hydrogen (secondary N) is 2. The van der Waals surface area contributed by atoms with Crippen LogP contribution in [-0.4, -0.2) is 24.0 Å². The van der Waals surface area contributed by atoms with Crippen molar-refractivity contribution in [1.29, 1.82) is 0 Å². The third-order valence-electron chi connectivity index (χ3n) is 3.61. The van der Waals surface area contributed by atoms with E-state index in [0.717, 1.165) is 5.56 Å². The van der Waals surface area contributed by atoms with Crippen LogP contribution in [0.4, 0.5) is 5.69 Å². The number of carbonyl (C=O) groups is 3. The molecular weight excluding hydrogens is 358 g/mol. The van der Waals surface area contributed by atoms with E-state index in [1.165, 1.54) is 13.1 Å². The summed E-state index contributed by atoms with van der Waals surface area (Å²) < 4.78 is 4.94. The third kappa shape index (κ3) is 6.35. The smallest absolute Gasteiger partial charge is 0.308 e. The van der Waals surface area contributed by atoms with Gasteiger partial charge in [-0.15, -0.1) is 0 Å². The molecule has 2 rings (SSSR count). The zero-order chi connectivity index (χ0) is 20.7. The molecule has 0 aliphatic carbocycles. The van der Waals surface area contributed by atoms with Crippen LogP contribution in [0.25, 0.3) is 0 Å². The Kier molecular flexibility index (Phi) is 6.65. The van der Waals surface area contributed by atoms with Gasteiger partial charge in [0, 0.05) is 23.6 Å². The highest BCUT2D eigenvalue weighted by Crippen LogP contribution is 2.17. The van der Waals surface area contributed by atoms with E-state index >= 15 is 0 Å². The van der Waals surface area contributed by atoms with Crippen molar-refractivity contribution in [3.8, 4) is 5.75 Å². The van der Waals surface area contributed by atoms with Crippen LogP contribution >= 0.6 is 0 Å². The first-order valence-corrected chi connectivity index (χ1v) is 8.68. The zero-order valence-electron chi connectivity index (χ0n) is 16.3. The molecule has 0 saturated heterocycles. The molecular formula is C21H23N3O4. The Morgan fingerprint density at radius 1 is 0.964 bits per heavy atom. The summed E-state index contributed by atoms with van der Waals surface area (Å²) in [5, 5.41) is 6.71. The lowest BCUT2D eigenvalue weighted by Gasteiger charge is -2.17. The Bertz CT molecular complexity index is 879. The molecule has 2 N–H and O–H groups in total. The van der Waals surface area contributed by atoms with Gasteiger partial charge in [-0.1, -0.05) is 20.8 Å². The van der Waals surface area contributed by atoms with Crippen LogP contribution in [0.5, 0.6) is 5.75 Å². The fraction of sp³-hybridized carbons (Fsp3) is 0.238. The lowest BCUT2D eigenvalue weighted by atomic mass is 9.95. The first-order valence-electron chi connectivity index (χ1n) is 8.68. The van der Waals surface area contributed by atoms with Crippen LogP contribution in [0.1, 0.15) is 43.6 Å². The number of hydrogen-bond donors (Lipinski definition) is 2. The van der Waals surface area contributed by atoms with E-state index < -0.39 is 11.4 Å². The van der Waals surface area contributed by atoms with Crippen LogP contribution < -0.4 is 15.5 Å². The second kappa shape index (κ2) is 8.94. The van der Waals surface area contributed by atoms with Gasteiger partial charge in [0.25, 0.3) is 5.91 Å². The zero-order valence-corrected chi connectivity index (χ0v) is 16.3. The molecule has 146 valence electrons. The Hall–Kier alpha value is -3.48. The van der Waals surface area contributed by atoms with Crippen LogP contribution in [-0.2, 0) is 9.59 Å². The highest BCUT2D eigenvalue weighted by Gasteiger charge is 2.21. The number of hydrazone groups is 1. The maximum Gasteiger partial charge on any atom is 0.308 e. The lowest BCUT2D eigenvalue weighted by molar-refractivity contribution is -0.131. The summed E-state index contributed by atoms with van der Waals surface area (Å²) in [6.07, 6.45) is 1.48. The summed E-state index contributed by atoms with van der Waals surface area (Å²) in [6.45, 7) is 6.81. The van der Waals surface area contributed by atoms with Crippen molar-refractivity contribution >= 4 is 29.7 Å². The van der Waals surface area contributed by atoms with Crippen molar-refractivity contribution in [2.75, 3.05) is 5.32 Å². The predicted octanol–water partition coefficient (Wildman–Crippen LogP) is 3.36. The Morgan fingerprint density at radius 3 is 2.11 bits per heavy atom. The number of hydrogen-bond acceptors (Lipinski definition) is 5. The van der Waals surface area contributed by atoms with Crippen LogP contribution in [0.2, 0.25) is 0 Å². The molecule has 2 amide bonds. The van der Waals surface area contributed by atoms with Crippen molar-refractivity contribution < 1.29 is 19.1 Å². The van der Waals surface area contributed by atoms with Gasteiger partial charge >= 0.3 is 5.97 Å². The second-order valence-electron chi connectivity index (χ2n) is 7.14. The van der Waals surface area contributed by atoms with Gasteiger partial charge in [0.2, 0.25) is 5.91 Å². The Labute approximate surface area is 163 Å². The van der Waals surface area contributed by atoms with E-state index in [9.17, 15) is 14.4 Å². The molecule has 0 spiro atoms. The van der Waals surface area contributed by atoms with Crippen molar-refractivity contribution in [3.63, 3.8) is 0 Å². The Balaban J connectivity index is 1.91. The normalized spacial score (nSPS) is 11.1. The molecule has 0 fully saturated rings. The molecule has 0 unspecified atom stereocenters. The topological polar surface area (TPSA) is 96.9 Å². The number of nitrogens with zero attached hydrogens (tertiary/aromatic N) is 1. The van der Waals surface area contributed by atoms with E-state index in [2.05, 4.69) is 15.8 Å². The number of carbonyl (C=O) groups excluding carboxylic acids is 3. The number of anilines is 1. The van der Waals surface area contributed by atoms with Gasteiger partial charge in [-0.25, -0.2) is 5.43 Å². The molecule has 0 aliphatic heterocycles. The average molecular weight is 381 g/mol. The van der Waals surface area contributed by atoms with E-state index in [-0.39, 0.29) is 11.8 Å². The van der Waals surface area contributed by atoms with Gasteiger partial charge in [0.05, 0.1) is 6.21 Å². The average Bonchev–Trinajstić information content (AvgIpc) is 2.62. The van der Waals surface area contributed by atoms with Gasteiger partial charge in [-0.05, 0) is 54.1 Å². The molecule has 0 aliphatic rings. The van der Waals surface area contributed by atoms with Crippen LogP contribution in [0, 0.1) is 5.41 Å². The van der Waals surface area contributed by atoms with Gasteiger partial charge in [0.1, 0.15) is 5.75 Å². The van der Waals surface area contributed by atoms with Gasteiger partial charge in [-0.2, -0.15) is 5.10 Å². The molecule has 7 heteroatoms. The fourth-order valence-corrected chi connectivity index (χ4v) is 2.04. The molecule has 7 nitrogen and oxygen atoms in total. The molecule has 0 heterocycles. The highest BCUT2D eigenvalue weighted by atomic mass is 16.5. The summed E-state index contributed by atoms with van der Waals surface area (Å²) in [6, 6.07) is 13.2. The summed E-state index contributed by atoms with van der Waals surface area (Å²) in [5.74, 6) is -0.430. The van der Waals surface area contributed by atoms with E-state index in [0.29, 0.717) is 17.0 Å². The van der Waals surface area contributed by atoms with Crippen molar-refractivity contribution in [2.24, 2.45) is 10.5 Å². The number of amides is 2. The molecule has 2 aromatic rings. The largest absolute Gasteiger partial charge is 0.427 e. The molecule has 0 bridgehead atoms. The van der Waals surface area contributed by atoms with Crippen LogP contribution in [0.15, 0.2) is 53.6 Å². The van der Waals surface area contributed by atoms with Gasteiger partial charge < -0.3 is 10.1 Å². The van der Waals surface area contributed by atoms with E-state index in [1.807, 2.05) is 20.8 Å². The van der Waals surface area contributed by atoms with E-state index in [1.54, 1.807) is 48.5 Å². The van der Waals surface area contributed by atoms with E-state index in [4.69, 9.17) is 4.74 Å². The summed E-state index contributed by atoms with van der Waals surface area (Å²) in [4.78, 5) is 35.0. The summed E-state index contributed by atoms with van der Waals surface area (Å²) in [7, 11) is 0. The van der Waals surface area contributed by atoms with Crippen molar-refractivity contribution in [1.82, 2.24) is 5.43 Å². The van der Waals surface area contributed by atoms with Crippen LogP contribution in [0.3, 0.4) is 0 Å². The number of esters is 1. The minimum atomic E-state index is -0.499. The minimum Gasteiger partial charge on any atom is -0.427 e. The standard InChI is InChI=1S/C21H23N3O4/c1-14(25)28-18-11-5-15(6-12-18)13-22-24-19(26)16-7-9-17(10-8-16)23-20(27)21(2,3)4/h5-13H,1-4H3,(H,23,27)(H,24,26)/b22-13-. The Morgan fingerprint density at radius 2 is 1.57 bits per heavy atom. The molecule has 2 aromatic carbocycles. The molecule has 0 aromatic heterocycles. The minimum absolute atomic E-state index is 0.103. The molecule has 28 heavy (non-hydrogen) atoms. The van der Waals surface area contributed by atoms with Crippen molar-refractivity contribution in [2.45, 2.75) is 27.7 Å². The third-order valence-corrected chi connectivity index (χ3v) is 3.61. The SMILES string of the molecule is CC(=O)Oc1ccc(/C=N\NC(=O)c2ccc(NC(=O)C(C)(C)C)cc2)cc1.